The predicted octanol–water partition coefficient (Wildman–Crippen LogP) is 1.67. The third kappa shape index (κ3) is 4.43. The molecule has 1 aliphatic rings. The summed E-state index contributed by atoms with van der Waals surface area (Å²) >= 11 is 0. The number of methoxy groups -OCH3 is 1. The fourth-order valence-electron chi connectivity index (χ4n) is 2.50. The van der Waals surface area contributed by atoms with Crippen LogP contribution in [0.15, 0.2) is 12.4 Å². The molecule has 1 amide bonds. The van der Waals surface area contributed by atoms with Crippen LogP contribution >= 0.6 is 12.4 Å². The molecule has 1 aromatic heterocycles. The summed E-state index contributed by atoms with van der Waals surface area (Å²) in [6.45, 7) is 6.71. The van der Waals surface area contributed by atoms with Crippen LogP contribution in [0.5, 0.6) is 0 Å². The minimum atomic E-state index is -0.717. The standard InChI is InChI=1S/C14H24N4O2.ClH/c1-11(2)9-18-10-12(8-16-18)17-13(19)14(20-3)4-6-15-7-5-14;/h8,10-11,15H,4-7,9H2,1-3H3,(H,17,19);1H. The lowest BCUT2D eigenvalue weighted by atomic mass is 9.91. The van der Waals surface area contributed by atoms with E-state index in [1.165, 1.54) is 0 Å². The van der Waals surface area contributed by atoms with E-state index in [4.69, 9.17) is 4.74 Å². The van der Waals surface area contributed by atoms with Crippen LogP contribution in [0.2, 0.25) is 0 Å². The lowest BCUT2D eigenvalue weighted by molar-refractivity contribution is -0.140. The molecule has 21 heavy (non-hydrogen) atoms. The normalized spacial score (nSPS) is 17.3. The molecular weight excluding hydrogens is 292 g/mol. The van der Waals surface area contributed by atoms with E-state index in [2.05, 4.69) is 29.6 Å². The number of piperidine rings is 1. The van der Waals surface area contributed by atoms with Gasteiger partial charge in [0.25, 0.3) is 5.91 Å². The maximum Gasteiger partial charge on any atom is 0.256 e. The first-order chi connectivity index (χ1) is 9.55. The summed E-state index contributed by atoms with van der Waals surface area (Å²) in [5, 5.41) is 10.4. The molecule has 0 atom stereocenters. The minimum absolute atomic E-state index is 0. The topological polar surface area (TPSA) is 68.2 Å². The first kappa shape index (κ1) is 17.9. The van der Waals surface area contributed by atoms with E-state index in [0.717, 1.165) is 25.3 Å². The van der Waals surface area contributed by atoms with Crippen molar-refractivity contribution in [1.82, 2.24) is 15.1 Å². The minimum Gasteiger partial charge on any atom is -0.368 e. The summed E-state index contributed by atoms with van der Waals surface area (Å²) in [6, 6.07) is 0. The number of amides is 1. The van der Waals surface area contributed by atoms with E-state index in [0.29, 0.717) is 18.8 Å². The molecule has 1 aromatic rings. The highest BCUT2D eigenvalue weighted by Crippen LogP contribution is 2.24. The number of hydrogen-bond donors (Lipinski definition) is 2. The summed E-state index contributed by atoms with van der Waals surface area (Å²) in [7, 11) is 1.60. The molecule has 0 radical (unpaired) electrons. The van der Waals surface area contributed by atoms with Crippen molar-refractivity contribution in [2.45, 2.75) is 38.8 Å². The van der Waals surface area contributed by atoms with Gasteiger partial charge in [-0.1, -0.05) is 13.8 Å². The Balaban J connectivity index is 0.00000220. The van der Waals surface area contributed by atoms with E-state index < -0.39 is 5.60 Å². The largest absolute Gasteiger partial charge is 0.368 e. The summed E-state index contributed by atoms with van der Waals surface area (Å²) in [4.78, 5) is 12.5. The Bertz CT molecular complexity index is 456. The third-order valence-corrected chi connectivity index (χ3v) is 3.66. The summed E-state index contributed by atoms with van der Waals surface area (Å²) in [6.07, 6.45) is 4.93. The molecule has 0 saturated carbocycles. The van der Waals surface area contributed by atoms with Gasteiger partial charge in [0, 0.05) is 19.9 Å². The molecule has 6 nitrogen and oxygen atoms in total. The number of hydrogen-bond acceptors (Lipinski definition) is 4. The molecule has 2 N–H and O–H groups in total. The molecule has 0 bridgehead atoms. The van der Waals surface area contributed by atoms with Crippen LogP contribution in [-0.2, 0) is 16.1 Å². The quantitative estimate of drug-likeness (QED) is 0.867. The van der Waals surface area contributed by atoms with Gasteiger partial charge in [0.15, 0.2) is 0 Å². The van der Waals surface area contributed by atoms with Crippen LogP contribution in [0.3, 0.4) is 0 Å². The van der Waals surface area contributed by atoms with Crippen molar-refractivity contribution < 1.29 is 9.53 Å². The maximum absolute atomic E-state index is 12.5. The number of nitrogens with zero attached hydrogens (tertiary/aromatic N) is 2. The highest BCUT2D eigenvalue weighted by Gasteiger charge is 2.39. The number of nitrogens with one attached hydrogen (secondary N) is 2. The Kier molecular flexibility index (Phi) is 6.64. The molecular formula is C14H25ClN4O2. The van der Waals surface area contributed by atoms with Crippen molar-refractivity contribution in [2.75, 3.05) is 25.5 Å². The van der Waals surface area contributed by atoms with Crippen LogP contribution < -0.4 is 10.6 Å². The van der Waals surface area contributed by atoms with Gasteiger partial charge in [-0.05, 0) is 31.8 Å². The zero-order valence-corrected chi connectivity index (χ0v) is 13.7. The van der Waals surface area contributed by atoms with Gasteiger partial charge in [0.1, 0.15) is 5.60 Å². The molecule has 0 spiro atoms. The van der Waals surface area contributed by atoms with Gasteiger partial charge in [-0.25, -0.2) is 0 Å². The molecule has 0 aromatic carbocycles. The van der Waals surface area contributed by atoms with Gasteiger partial charge < -0.3 is 15.4 Å². The molecule has 2 rings (SSSR count). The van der Waals surface area contributed by atoms with Crippen LogP contribution in [0.25, 0.3) is 0 Å². The summed E-state index contributed by atoms with van der Waals surface area (Å²) in [5.41, 5.74) is 0.0105. The van der Waals surface area contributed by atoms with Crippen LogP contribution in [-0.4, -0.2) is 41.5 Å². The number of aromatic nitrogens is 2. The van der Waals surface area contributed by atoms with Gasteiger partial charge in [-0.2, -0.15) is 5.10 Å². The van der Waals surface area contributed by atoms with Crippen molar-refractivity contribution in [2.24, 2.45) is 5.92 Å². The van der Waals surface area contributed by atoms with E-state index in [1.54, 1.807) is 13.3 Å². The van der Waals surface area contributed by atoms with Crippen molar-refractivity contribution in [1.29, 1.82) is 0 Å². The van der Waals surface area contributed by atoms with Crippen LogP contribution in [0.1, 0.15) is 26.7 Å². The predicted molar refractivity (Wildman–Crippen MR) is 84.8 cm³/mol. The van der Waals surface area contributed by atoms with Crippen molar-refractivity contribution in [3.05, 3.63) is 12.4 Å². The van der Waals surface area contributed by atoms with E-state index in [-0.39, 0.29) is 18.3 Å². The van der Waals surface area contributed by atoms with E-state index in [1.807, 2.05) is 10.9 Å². The second-order valence-corrected chi connectivity index (χ2v) is 5.75. The second kappa shape index (κ2) is 7.77. The SMILES string of the molecule is COC1(C(=O)Nc2cnn(CC(C)C)c2)CCNCC1.Cl. The Hall–Kier alpha value is -1.11. The van der Waals surface area contributed by atoms with E-state index >= 15 is 0 Å². The van der Waals surface area contributed by atoms with Crippen molar-refractivity contribution in [3.8, 4) is 0 Å². The van der Waals surface area contributed by atoms with Gasteiger partial charge in [-0.3, -0.25) is 9.48 Å². The smallest absolute Gasteiger partial charge is 0.256 e. The number of anilines is 1. The number of carbonyl (C=O) groups excluding carboxylic acids is 1. The van der Waals surface area contributed by atoms with Gasteiger partial charge in [-0.15, -0.1) is 12.4 Å². The van der Waals surface area contributed by atoms with Crippen molar-refractivity contribution in [3.63, 3.8) is 0 Å². The number of rotatable bonds is 5. The van der Waals surface area contributed by atoms with Gasteiger partial charge in [0.2, 0.25) is 0 Å². The second-order valence-electron chi connectivity index (χ2n) is 5.75. The first-order valence-electron chi connectivity index (χ1n) is 7.15. The molecule has 7 heteroatoms. The van der Waals surface area contributed by atoms with E-state index in [9.17, 15) is 4.79 Å². The monoisotopic (exact) mass is 316 g/mol. The molecule has 120 valence electrons. The maximum atomic E-state index is 12.5. The Morgan fingerprint density at radius 3 is 2.76 bits per heavy atom. The molecule has 1 aliphatic heterocycles. The summed E-state index contributed by atoms with van der Waals surface area (Å²) in [5.74, 6) is 0.443. The fourth-order valence-corrected chi connectivity index (χ4v) is 2.50. The summed E-state index contributed by atoms with van der Waals surface area (Å²) < 4.78 is 7.35. The molecule has 1 saturated heterocycles. The fraction of sp³-hybridized carbons (Fsp3) is 0.714. The average Bonchev–Trinajstić information content (AvgIpc) is 2.85. The zero-order valence-electron chi connectivity index (χ0n) is 12.9. The zero-order chi connectivity index (χ0) is 14.6. The van der Waals surface area contributed by atoms with Crippen LogP contribution in [0.4, 0.5) is 5.69 Å². The number of carbonyl (C=O) groups is 1. The number of halogens is 1. The lowest BCUT2D eigenvalue weighted by Gasteiger charge is -2.34. The highest BCUT2D eigenvalue weighted by atomic mass is 35.5. The van der Waals surface area contributed by atoms with Crippen LogP contribution in [0, 0.1) is 5.92 Å². The Labute approximate surface area is 132 Å². The molecule has 0 unspecified atom stereocenters. The number of ether oxygens (including phenoxy) is 1. The Morgan fingerprint density at radius 2 is 2.19 bits per heavy atom. The molecule has 0 aliphatic carbocycles. The first-order valence-corrected chi connectivity index (χ1v) is 7.15. The highest BCUT2D eigenvalue weighted by molar-refractivity contribution is 5.97. The van der Waals surface area contributed by atoms with Crippen molar-refractivity contribution >= 4 is 24.0 Å². The Morgan fingerprint density at radius 1 is 1.52 bits per heavy atom. The third-order valence-electron chi connectivity index (χ3n) is 3.66. The molecule has 1 fully saturated rings. The molecule has 2 heterocycles. The van der Waals surface area contributed by atoms with Gasteiger partial charge in [0.05, 0.1) is 11.9 Å². The average molecular weight is 317 g/mol. The van der Waals surface area contributed by atoms with Gasteiger partial charge >= 0.3 is 0 Å². The lowest BCUT2D eigenvalue weighted by Crippen LogP contribution is -2.51.